The lowest BCUT2D eigenvalue weighted by Gasteiger charge is -2.16. The van der Waals surface area contributed by atoms with E-state index in [9.17, 15) is 4.79 Å². The van der Waals surface area contributed by atoms with Gasteiger partial charge in [0.2, 0.25) is 10.9 Å². The Balaban J connectivity index is 2.24. The summed E-state index contributed by atoms with van der Waals surface area (Å²) in [5, 5.41) is 11.4. The number of nitrogens with zero attached hydrogens (tertiary/aromatic N) is 2. The van der Waals surface area contributed by atoms with E-state index in [-0.39, 0.29) is 5.91 Å². The number of carbonyl (C=O) groups excluding carboxylic acids is 1. The van der Waals surface area contributed by atoms with Crippen LogP contribution in [0, 0.1) is 0 Å². The zero-order valence-electron chi connectivity index (χ0n) is 16.0. The van der Waals surface area contributed by atoms with E-state index >= 15 is 0 Å². The number of benzene rings is 1. The van der Waals surface area contributed by atoms with Gasteiger partial charge in [-0.3, -0.25) is 10.1 Å². The smallest absolute Gasteiger partial charge is 0.257 e. The van der Waals surface area contributed by atoms with Crippen LogP contribution in [0.2, 0.25) is 0 Å². The Kier molecular flexibility index (Phi) is 8.66. The first-order valence-electron chi connectivity index (χ1n) is 8.96. The van der Waals surface area contributed by atoms with Crippen LogP contribution >= 0.6 is 23.1 Å². The quantitative estimate of drug-likeness (QED) is 0.431. The van der Waals surface area contributed by atoms with Crippen LogP contribution in [0.5, 0.6) is 17.2 Å². The highest BCUT2D eigenvalue weighted by Gasteiger charge is 2.19. The van der Waals surface area contributed by atoms with Crippen LogP contribution in [-0.2, 0) is 0 Å². The summed E-state index contributed by atoms with van der Waals surface area (Å²) in [7, 11) is 0. The maximum atomic E-state index is 12.7. The number of anilines is 1. The van der Waals surface area contributed by atoms with Crippen molar-refractivity contribution in [3.63, 3.8) is 0 Å². The molecule has 27 heavy (non-hydrogen) atoms. The van der Waals surface area contributed by atoms with Gasteiger partial charge in [0, 0.05) is 11.3 Å². The van der Waals surface area contributed by atoms with E-state index in [1.165, 1.54) is 11.3 Å². The maximum absolute atomic E-state index is 12.7. The Morgan fingerprint density at radius 3 is 2.22 bits per heavy atom. The highest BCUT2D eigenvalue weighted by Crippen LogP contribution is 2.39. The number of ether oxygens (including phenoxy) is 3. The van der Waals surface area contributed by atoms with Gasteiger partial charge in [0.15, 0.2) is 15.8 Å². The van der Waals surface area contributed by atoms with Gasteiger partial charge in [-0.15, -0.1) is 10.2 Å². The van der Waals surface area contributed by atoms with E-state index < -0.39 is 0 Å². The molecule has 0 aliphatic heterocycles. The molecule has 1 heterocycles. The van der Waals surface area contributed by atoms with E-state index in [4.69, 9.17) is 14.2 Å². The molecule has 7 nitrogen and oxygen atoms in total. The number of amides is 1. The Morgan fingerprint density at radius 2 is 1.67 bits per heavy atom. The average molecular weight is 412 g/mol. The molecule has 0 bridgehead atoms. The fraction of sp³-hybridized carbons (Fsp3) is 0.500. The zero-order chi connectivity index (χ0) is 19.6. The topological polar surface area (TPSA) is 82.6 Å². The molecule has 0 aliphatic rings. The molecule has 9 heteroatoms. The first kappa shape index (κ1) is 21.3. The lowest BCUT2D eigenvalue weighted by Crippen LogP contribution is -2.13. The molecule has 0 spiro atoms. The van der Waals surface area contributed by atoms with Gasteiger partial charge < -0.3 is 14.2 Å². The second-order valence-electron chi connectivity index (χ2n) is 5.28. The van der Waals surface area contributed by atoms with E-state index in [1.807, 2.05) is 20.8 Å². The number of carbonyl (C=O) groups is 1. The molecule has 0 saturated heterocycles. The molecule has 1 amide bonds. The third-order valence-electron chi connectivity index (χ3n) is 3.23. The van der Waals surface area contributed by atoms with Gasteiger partial charge in [-0.05, 0) is 39.3 Å². The van der Waals surface area contributed by atoms with Crippen LogP contribution in [0.4, 0.5) is 5.13 Å². The van der Waals surface area contributed by atoms with Gasteiger partial charge in [0.25, 0.3) is 5.91 Å². The van der Waals surface area contributed by atoms with Gasteiger partial charge in [0.1, 0.15) is 0 Å². The Labute approximate surface area is 167 Å². The third kappa shape index (κ3) is 6.00. The van der Waals surface area contributed by atoms with Crippen LogP contribution in [0.3, 0.4) is 0 Å². The highest BCUT2D eigenvalue weighted by atomic mass is 32.2. The van der Waals surface area contributed by atoms with Crippen molar-refractivity contribution in [2.24, 2.45) is 0 Å². The molecular weight excluding hydrogens is 386 g/mol. The van der Waals surface area contributed by atoms with Gasteiger partial charge in [-0.25, -0.2) is 0 Å². The number of thioether (sulfide) groups is 1. The van der Waals surface area contributed by atoms with Crippen LogP contribution in [-0.4, -0.2) is 41.7 Å². The molecule has 0 fully saturated rings. The molecule has 0 unspecified atom stereocenters. The molecule has 1 N–H and O–H groups in total. The minimum atomic E-state index is -0.303. The largest absolute Gasteiger partial charge is 0.490 e. The Bertz CT molecular complexity index is 725. The molecule has 0 radical (unpaired) electrons. The monoisotopic (exact) mass is 411 g/mol. The van der Waals surface area contributed by atoms with Crippen LogP contribution in [0.15, 0.2) is 16.5 Å². The first-order chi connectivity index (χ1) is 13.1. The standard InChI is InChI=1S/C18H25N3O4S2/c1-5-9-26-18-21-20-17(27-18)19-16(22)12-10-13(23-6-2)15(25-8-4)14(11-12)24-7-3/h10-11H,5-9H2,1-4H3,(H,19,20,22). The van der Waals surface area contributed by atoms with E-state index in [0.717, 1.165) is 16.5 Å². The summed E-state index contributed by atoms with van der Waals surface area (Å²) in [4.78, 5) is 12.7. The minimum absolute atomic E-state index is 0.303. The Morgan fingerprint density at radius 1 is 1.04 bits per heavy atom. The van der Waals surface area contributed by atoms with Crippen molar-refractivity contribution in [3.05, 3.63) is 17.7 Å². The second kappa shape index (κ2) is 11.0. The molecule has 2 aromatic rings. The summed E-state index contributed by atoms with van der Waals surface area (Å²) in [6.07, 6.45) is 1.05. The van der Waals surface area contributed by atoms with Crippen LogP contribution in [0.1, 0.15) is 44.5 Å². The average Bonchev–Trinajstić information content (AvgIpc) is 3.10. The predicted octanol–water partition coefficient (Wildman–Crippen LogP) is 4.49. The van der Waals surface area contributed by atoms with Crippen molar-refractivity contribution >= 4 is 34.1 Å². The fourth-order valence-electron chi connectivity index (χ4n) is 2.20. The van der Waals surface area contributed by atoms with Crippen LogP contribution in [0.25, 0.3) is 0 Å². The van der Waals surface area contributed by atoms with Gasteiger partial charge in [0.05, 0.1) is 19.8 Å². The summed E-state index contributed by atoms with van der Waals surface area (Å²) >= 11 is 2.98. The highest BCUT2D eigenvalue weighted by molar-refractivity contribution is 8.01. The maximum Gasteiger partial charge on any atom is 0.257 e. The normalized spacial score (nSPS) is 10.5. The molecule has 1 aromatic heterocycles. The number of aromatic nitrogens is 2. The third-order valence-corrected chi connectivity index (χ3v) is 5.41. The summed E-state index contributed by atoms with van der Waals surface area (Å²) in [6, 6.07) is 3.31. The van der Waals surface area contributed by atoms with Crippen molar-refractivity contribution in [2.45, 2.75) is 38.5 Å². The summed E-state index contributed by atoms with van der Waals surface area (Å²) in [5.74, 6) is 2.13. The SMILES string of the molecule is CCCSc1nnc(NC(=O)c2cc(OCC)c(OCC)c(OCC)c2)s1. The van der Waals surface area contributed by atoms with Crippen molar-refractivity contribution in [1.29, 1.82) is 0 Å². The van der Waals surface area contributed by atoms with Gasteiger partial charge in [-0.2, -0.15) is 0 Å². The molecule has 0 aliphatic carbocycles. The van der Waals surface area contributed by atoms with Crippen molar-refractivity contribution in [2.75, 3.05) is 30.9 Å². The molecular formula is C18H25N3O4S2. The van der Waals surface area contributed by atoms with Gasteiger partial charge >= 0.3 is 0 Å². The summed E-state index contributed by atoms with van der Waals surface area (Å²) in [6.45, 7) is 9.11. The Hall–Kier alpha value is -2.00. The number of hydrogen-bond acceptors (Lipinski definition) is 8. The summed E-state index contributed by atoms with van der Waals surface area (Å²) in [5.41, 5.74) is 0.406. The van der Waals surface area contributed by atoms with E-state index in [0.29, 0.717) is 47.8 Å². The van der Waals surface area contributed by atoms with Crippen molar-refractivity contribution in [1.82, 2.24) is 10.2 Å². The summed E-state index contributed by atoms with van der Waals surface area (Å²) < 4.78 is 17.8. The van der Waals surface area contributed by atoms with Crippen molar-refractivity contribution < 1.29 is 19.0 Å². The first-order valence-corrected chi connectivity index (χ1v) is 10.8. The molecule has 1 aromatic carbocycles. The van der Waals surface area contributed by atoms with E-state index in [2.05, 4.69) is 22.4 Å². The molecule has 148 valence electrons. The lowest BCUT2D eigenvalue weighted by molar-refractivity contribution is 0.102. The van der Waals surface area contributed by atoms with Gasteiger partial charge in [-0.1, -0.05) is 30.0 Å². The number of rotatable bonds is 11. The number of nitrogens with one attached hydrogen (secondary N) is 1. The molecule has 0 atom stereocenters. The fourth-order valence-corrected chi connectivity index (χ4v) is 3.87. The predicted molar refractivity (Wildman–Crippen MR) is 109 cm³/mol. The zero-order valence-corrected chi connectivity index (χ0v) is 17.7. The second-order valence-corrected chi connectivity index (χ2v) is 7.60. The molecule has 0 saturated carbocycles. The molecule has 2 rings (SSSR count). The van der Waals surface area contributed by atoms with Crippen LogP contribution < -0.4 is 19.5 Å². The van der Waals surface area contributed by atoms with E-state index in [1.54, 1.807) is 23.9 Å². The lowest BCUT2D eigenvalue weighted by atomic mass is 10.1. The van der Waals surface area contributed by atoms with Crippen molar-refractivity contribution in [3.8, 4) is 17.2 Å². The minimum Gasteiger partial charge on any atom is -0.490 e. The number of hydrogen-bond donors (Lipinski definition) is 1.